The van der Waals surface area contributed by atoms with E-state index in [4.69, 9.17) is 9.84 Å². The molecule has 1 aliphatic carbocycles. The molecule has 0 radical (unpaired) electrons. The summed E-state index contributed by atoms with van der Waals surface area (Å²) in [6, 6.07) is 15.8. The maximum atomic E-state index is 12.6. The van der Waals surface area contributed by atoms with Gasteiger partial charge in [0.25, 0.3) is 0 Å². The summed E-state index contributed by atoms with van der Waals surface area (Å²) >= 11 is 0. The highest BCUT2D eigenvalue weighted by atomic mass is 16.5. The Hall–Kier alpha value is -3.35. The number of fused-ring (bicyclic) bond motifs is 3. The van der Waals surface area contributed by atoms with Gasteiger partial charge >= 0.3 is 12.1 Å². The molecule has 2 unspecified atom stereocenters. The molecule has 7 heteroatoms. The van der Waals surface area contributed by atoms with E-state index in [2.05, 4.69) is 34.9 Å². The van der Waals surface area contributed by atoms with Gasteiger partial charge in [0.05, 0.1) is 12.3 Å². The van der Waals surface area contributed by atoms with Gasteiger partial charge < -0.3 is 20.5 Å². The molecule has 0 heterocycles. The van der Waals surface area contributed by atoms with E-state index in [1.807, 2.05) is 38.1 Å². The Balaban J connectivity index is 1.57. The normalized spacial score (nSPS) is 14.2. The first-order chi connectivity index (χ1) is 15.8. The van der Waals surface area contributed by atoms with Crippen LogP contribution in [-0.4, -0.2) is 42.3 Å². The number of carboxylic acid groups (broad SMARTS) is 1. The lowest BCUT2D eigenvalue weighted by molar-refractivity contribution is -0.137. The standard InChI is InChI=1S/C26H32N2O5/c1-16(2)12-18(25(31)28-17(3)13-24(29)30)14-27-26(32)33-15-23-21-10-6-4-8-19(21)20-9-5-7-11-22(20)23/h4-11,16-18,23H,12-15H2,1-3H3,(H,27,32)(H,28,31)(H,29,30). The number of carbonyl (C=O) groups excluding carboxylic acids is 2. The molecule has 1 aliphatic rings. The van der Waals surface area contributed by atoms with Crippen LogP contribution in [0.5, 0.6) is 0 Å². The molecule has 176 valence electrons. The number of rotatable bonds is 10. The summed E-state index contributed by atoms with van der Waals surface area (Å²) < 4.78 is 5.55. The van der Waals surface area contributed by atoms with Crippen molar-refractivity contribution in [3.8, 4) is 11.1 Å². The topological polar surface area (TPSA) is 105 Å². The Bertz CT molecular complexity index is 958. The summed E-state index contributed by atoms with van der Waals surface area (Å²) in [5.41, 5.74) is 4.59. The quantitative estimate of drug-likeness (QED) is 0.502. The van der Waals surface area contributed by atoms with Crippen molar-refractivity contribution in [2.75, 3.05) is 13.2 Å². The lowest BCUT2D eigenvalue weighted by Gasteiger charge is -2.21. The van der Waals surface area contributed by atoms with Crippen molar-refractivity contribution in [3.63, 3.8) is 0 Å². The van der Waals surface area contributed by atoms with Gasteiger partial charge in [-0.1, -0.05) is 62.4 Å². The van der Waals surface area contributed by atoms with Gasteiger partial charge in [-0.2, -0.15) is 0 Å². The predicted octanol–water partition coefficient (Wildman–Crippen LogP) is 4.17. The van der Waals surface area contributed by atoms with Crippen LogP contribution in [0.4, 0.5) is 4.79 Å². The largest absolute Gasteiger partial charge is 0.481 e. The third-order valence-electron chi connectivity index (χ3n) is 5.83. The summed E-state index contributed by atoms with van der Waals surface area (Å²) in [7, 11) is 0. The van der Waals surface area contributed by atoms with Gasteiger partial charge in [0.15, 0.2) is 0 Å². The van der Waals surface area contributed by atoms with Gasteiger partial charge in [-0.15, -0.1) is 0 Å². The lowest BCUT2D eigenvalue weighted by atomic mass is 9.95. The number of ether oxygens (including phenoxy) is 1. The van der Waals surface area contributed by atoms with Crippen molar-refractivity contribution in [3.05, 3.63) is 59.7 Å². The maximum Gasteiger partial charge on any atom is 0.407 e. The SMILES string of the molecule is CC(C)CC(CNC(=O)OCC1c2ccccc2-c2ccccc21)C(=O)NC(C)CC(=O)O. The second-order valence-electron chi connectivity index (χ2n) is 9.04. The summed E-state index contributed by atoms with van der Waals surface area (Å²) in [6.07, 6.45) is -0.160. The fourth-order valence-electron chi connectivity index (χ4n) is 4.38. The molecule has 0 saturated carbocycles. The highest BCUT2D eigenvalue weighted by Crippen LogP contribution is 2.44. The molecule has 3 N–H and O–H groups in total. The van der Waals surface area contributed by atoms with E-state index in [0.29, 0.717) is 6.42 Å². The first-order valence-electron chi connectivity index (χ1n) is 11.4. The average Bonchev–Trinajstić information content (AvgIpc) is 3.08. The number of alkyl carbamates (subject to hydrolysis) is 1. The van der Waals surface area contributed by atoms with Gasteiger partial charge in [-0.25, -0.2) is 4.79 Å². The minimum Gasteiger partial charge on any atom is -0.481 e. The molecule has 0 spiro atoms. The van der Waals surface area contributed by atoms with Crippen LogP contribution in [0.3, 0.4) is 0 Å². The number of benzene rings is 2. The van der Waals surface area contributed by atoms with Crippen LogP contribution >= 0.6 is 0 Å². The Morgan fingerprint density at radius 3 is 2.09 bits per heavy atom. The third kappa shape index (κ3) is 6.34. The molecule has 0 aromatic heterocycles. The minimum absolute atomic E-state index is 0.0326. The summed E-state index contributed by atoms with van der Waals surface area (Å²) in [4.78, 5) is 36.0. The van der Waals surface area contributed by atoms with Crippen LogP contribution in [0.1, 0.15) is 50.7 Å². The molecule has 0 fully saturated rings. The monoisotopic (exact) mass is 452 g/mol. The van der Waals surface area contributed by atoms with Crippen LogP contribution in [0, 0.1) is 11.8 Å². The highest BCUT2D eigenvalue weighted by molar-refractivity contribution is 5.81. The second-order valence-corrected chi connectivity index (χ2v) is 9.04. The third-order valence-corrected chi connectivity index (χ3v) is 5.83. The van der Waals surface area contributed by atoms with E-state index < -0.39 is 24.0 Å². The number of nitrogens with one attached hydrogen (secondary N) is 2. The van der Waals surface area contributed by atoms with Gasteiger partial charge in [-0.3, -0.25) is 9.59 Å². The number of hydrogen-bond donors (Lipinski definition) is 3. The average molecular weight is 453 g/mol. The van der Waals surface area contributed by atoms with Crippen molar-refractivity contribution in [1.82, 2.24) is 10.6 Å². The number of aliphatic carboxylic acids is 1. The fraction of sp³-hybridized carbons (Fsp3) is 0.423. The summed E-state index contributed by atoms with van der Waals surface area (Å²) in [5.74, 6) is -1.51. The van der Waals surface area contributed by atoms with Gasteiger partial charge in [0, 0.05) is 18.5 Å². The lowest BCUT2D eigenvalue weighted by Crippen LogP contribution is -2.43. The van der Waals surface area contributed by atoms with Crippen LogP contribution in [0.2, 0.25) is 0 Å². The van der Waals surface area contributed by atoms with Crippen molar-refractivity contribution in [1.29, 1.82) is 0 Å². The molecular weight excluding hydrogens is 420 g/mol. The molecule has 2 aromatic rings. The molecule has 7 nitrogen and oxygen atoms in total. The molecule has 2 atom stereocenters. The first kappa shape index (κ1) is 24.3. The fourth-order valence-corrected chi connectivity index (χ4v) is 4.38. The molecule has 0 bridgehead atoms. The number of carbonyl (C=O) groups is 3. The molecule has 0 aliphatic heterocycles. The Morgan fingerprint density at radius 1 is 0.970 bits per heavy atom. The van der Waals surface area contributed by atoms with Gasteiger partial charge in [0.2, 0.25) is 5.91 Å². The van der Waals surface area contributed by atoms with Crippen LogP contribution in [0.15, 0.2) is 48.5 Å². The molecule has 3 rings (SSSR count). The Morgan fingerprint density at radius 2 is 1.55 bits per heavy atom. The van der Waals surface area contributed by atoms with E-state index in [-0.39, 0.29) is 37.3 Å². The van der Waals surface area contributed by atoms with Crippen LogP contribution in [-0.2, 0) is 14.3 Å². The zero-order valence-electron chi connectivity index (χ0n) is 19.3. The Kier molecular flexibility index (Phi) is 8.09. The molecular formula is C26H32N2O5. The number of hydrogen-bond acceptors (Lipinski definition) is 4. The summed E-state index contributed by atoms with van der Waals surface area (Å²) in [5, 5.41) is 14.3. The number of carboxylic acids is 1. The second kappa shape index (κ2) is 11.0. The van der Waals surface area contributed by atoms with Crippen molar-refractivity contribution < 1.29 is 24.2 Å². The minimum atomic E-state index is -0.972. The highest BCUT2D eigenvalue weighted by Gasteiger charge is 2.29. The van der Waals surface area contributed by atoms with Gasteiger partial charge in [0.1, 0.15) is 6.61 Å². The zero-order chi connectivity index (χ0) is 24.0. The van der Waals surface area contributed by atoms with Crippen molar-refractivity contribution in [2.24, 2.45) is 11.8 Å². The van der Waals surface area contributed by atoms with Crippen molar-refractivity contribution >= 4 is 18.0 Å². The number of amides is 2. The van der Waals surface area contributed by atoms with E-state index in [9.17, 15) is 14.4 Å². The molecule has 33 heavy (non-hydrogen) atoms. The van der Waals surface area contributed by atoms with E-state index in [0.717, 1.165) is 22.3 Å². The van der Waals surface area contributed by atoms with E-state index in [1.54, 1.807) is 6.92 Å². The first-order valence-corrected chi connectivity index (χ1v) is 11.4. The molecule has 0 saturated heterocycles. The zero-order valence-corrected chi connectivity index (χ0v) is 19.3. The van der Waals surface area contributed by atoms with Crippen LogP contribution in [0.25, 0.3) is 11.1 Å². The molecule has 2 amide bonds. The van der Waals surface area contributed by atoms with Crippen molar-refractivity contribution in [2.45, 2.75) is 45.6 Å². The Labute approximate surface area is 194 Å². The maximum absolute atomic E-state index is 12.6. The summed E-state index contributed by atoms with van der Waals surface area (Å²) in [6.45, 7) is 5.97. The predicted molar refractivity (Wildman–Crippen MR) is 126 cm³/mol. The van der Waals surface area contributed by atoms with E-state index >= 15 is 0 Å². The van der Waals surface area contributed by atoms with E-state index in [1.165, 1.54) is 0 Å². The molecule has 2 aromatic carbocycles. The van der Waals surface area contributed by atoms with Crippen LogP contribution < -0.4 is 10.6 Å². The smallest absolute Gasteiger partial charge is 0.407 e. The van der Waals surface area contributed by atoms with Gasteiger partial charge in [-0.05, 0) is 41.5 Å².